The first-order valence-electron chi connectivity index (χ1n) is 11.2. The van der Waals surface area contributed by atoms with Crippen LogP contribution >= 0.6 is 0 Å². The number of anilines is 3. The Morgan fingerprint density at radius 1 is 1.05 bits per heavy atom. The molecule has 0 fully saturated rings. The molecule has 3 aromatic carbocycles. The Bertz CT molecular complexity index is 1440. The van der Waals surface area contributed by atoms with E-state index in [9.17, 15) is 31.2 Å². The predicted octanol–water partition coefficient (Wildman–Crippen LogP) is 4.65. The van der Waals surface area contributed by atoms with E-state index in [0.29, 0.717) is 28.4 Å². The second kappa shape index (κ2) is 10.1. The number of benzene rings is 3. The Kier molecular flexibility index (Phi) is 7.12. The molecule has 0 aliphatic carbocycles. The number of rotatable bonds is 7. The van der Waals surface area contributed by atoms with Gasteiger partial charge in [0.15, 0.2) is 0 Å². The molecular weight excluding hydrogens is 511 g/mol. The van der Waals surface area contributed by atoms with Crippen molar-refractivity contribution in [3.8, 4) is 5.75 Å². The molecule has 0 bridgehead atoms. The maximum Gasteiger partial charge on any atom is 0.416 e. The molecule has 1 atom stereocenters. The average Bonchev–Trinajstić information content (AvgIpc) is 2.85. The van der Waals surface area contributed by atoms with E-state index in [-0.39, 0.29) is 11.4 Å². The lowest BCUT2D eigenvalue weighted by Gasteiger charge is -2.36. The van der Waals surface area contributed by atoms with Crippen LogP contribution in [0.25, 0.3) is 0 Å². The molecule has 3 aromatic rings. The van der Waals surface area contributed by atoms with Crippen LogP contribution in [-0.2, 0) is 25.8 Å². The second-order valence-corrected chi connectivity index (χ2v) is 9.85. The fourth-order valence-corrected chi connectivity index (χ4v) is 5.59. The van der Waals surface area contributed by atoms with Gasteiger partial charge in [-0.3, -0.25) is 13.9 Å². The molecule has 0 aromatic heterocycles. The maximum atomic E-state index is 13.7. The van der Waals surface area contributed by atoms with Crippen LogP contribution in [0.5, 0.6) is 5.75 Å². The first-order valence-corrected chi connectivity index (χ1v) is 12.6. The summed E-state index contributed by atoms with van der Waals surface area (Å²) < 4.78 is 73.5. The highest BCUT2D eigenvalue weighted by Gasteiger charge is 2.42. The Balaban J connectivity index is 1.73. The van der Waals surface area contributed by atoms with E-state index in [4.69, 9.17) is 4.74 Å². The highest BCUT2D eigenvalue weighted by atomic mass is 32.2. The minimum absolute atomic E-state index is 0.0204. The number of nitrogens with zero attached hydrogens (tertiary/aromatic N) is 1. The third-order valence-corrected chi connectivity index (χ3v) is 7.36. The number of ether oxygens (including phenoxy) is 1. The molecule has 4 rings (SSSR count). The molecule has 12 heteroatoms. The fourth-order valence-electron chi connectivity index (χ4n) is 3.91. The van der Waals surface area contributed by atoms with Gasteiger partial charge in [0.05, 0.1) is 40.5 Å². The minimum Gasteiger partial charge on any atom is -0.492 e. The number of nitrogens with one attached hydrogen (secondary N) is 2. The van der Waals surface area contributed by atoms with Crippen molar-refractivity contribution in [3.63, 3.8) is 0 Å². The van der Waals surface area contributed by atoms with E-state index in [2.05, 4.69) is 10.6 Å². The van der Waals surface area contributed by atoms with E-state index in [1.54, 1.807) is 37.3 Å². The number of alkyl halides is 3. The molecule has 2 amide bonds. The summed E-state index contributed by atoms with van der Waals surface area (Å²) in [7, 11) is -4.71. The lowest BCUT2D eigenvalue weighted by Crippen LogP contribution is -2.52. The lowest BCUT2D eigenvalue weighted by atomic mass is 10.1. The number of carbonyl (C=O) groups is 2. The van der Waals surface area contributed by atoms with Gasteiger partial charge in [0.1, 0.15) is 11.8 Å². The zero-order chi connectivity index (χ0) is 26.8. The van der Waals surface area contributed by atoms with Gasteiger partial charge in [0, 0.05) is 0 Å². The molecule has 0 spiro atoms. The molecule has 1 aliphatic heterocycles. The van der Waals surface area contributed by atoms with E-state index in [0.717, 1.165) is 18.2 Å². The Morgan fingerprint density at radius 2 is 1.76 bits per heavy atom. The van der Waals surface area contributed by atoms with Crippen LogP contribution in [0.3, 0.4) is 0 Å². The summed E-state index contributed by atoms with van der Waals surface area (Å²) in [6, 6.07) is 14.2. The molecule has 0 radical (unpaired) electrons. The van der Waals surface area contributed by atoms with Crippen molar-refractivity contribution in [1.82, 2.24) is 0 Å². The number of sulfonamides is 1. The fraction of sp³-hybridized carbons (Fsp3) is 0.200. The Hall–Kier alpha value is -4.06. The van der Waals surface area contributed by atoms with Crippen molar-refractivity contribution in [2.45, 2.75) is 30.5 Å². The highest BCUT2D eigenvalue weighted by molar-refractivity contribution is 7.93. The Morgan fingerprint density at radius 3 is 2.49 bits per heavy atom. The molecule has 0 saturated heterocycles. The van der Waals surface area contributed by atoms with Gasteiger partial charge in [0.2, 0.25) is 11.8 Å². The molecule has 2 N–H and O–H groups in total. The normalized spacial score (nSPS) is 15.5. The van der Waals surface area contributed by atoms with Gasteiger partial charge in [-0.25, -0.2) is 8.42 Å². The average molecular weight is 534 g/mol. The van der Waals surface area contributed by atoms with Crippen molar-refractivity contribution in [2.24, 2.45) is 0 Å². The Labute approximate surface area is 211 Å². The van der Waals surface area contributed by atoms with Gasteiger partial charge in [-0.1, -0.05) is 30.3 Å². The largest absolute Gasteiger partial charge is 0.492 e. The number of carbonyl (C=O) groups excluding carboxylic acids is 2. The number of hydrogen-bond donors (Lipinski definition) is 2. The zero-order valence-electron chi connectivity index (χ0n) is 19.5. The number of fused-ring (bicyclic) bond motifs is 1. The van der Waals surface area contributed by atoms with Crippen molar-refractivity contribution in [2.75, 3.05) is 21.5 Å². The van der Waals surface area contributed by atoms with Gasteiger partial charge in [0.25, 0.3) is 10.0 Å². The molecule has 0 unspecified atom stereocenters. The van der Waals surface area contributed by atoms with Gasteiger partial charge in [-0.05, 0) is 49.4 Å². The zero-order valence-corrected chi connectivity index (χ0v) is 20.3. The highest BCUT2D eigenvalue weighted by Crippen LogP contribution is 2.38. The lowest BCUT2D eigenvalue weighted by molar-refractivity contribution is -0.137. The van der Waals surface area contributed by atoms with E-state index in [1.807, 2.05) is 0 Å². The van der Waals surface area contributed by atoms with Gasteiger partial charge >= 0.3 is 6.18 Å². The van der Waals surface area contributed by atoms with Crippen LogP contribution < -0.4 is 19.7 Å². The SMILES string of the molecule is CCOc1ccccc1NC(=O)C[C@H]1C(=O)Nc2ccccc2N1S(=O)(=O)c1cccc(C(F)(F)F)c1. The summed E-state index contributed by atoms with van der Waals surface area (Å²) in [5, 5.41) is 5.18. The van der Waals surface area contributed by atoms with E-state index < -0.39 is 50.9 Å². The summed E-state index contributed by atoms with van der Waals surface area (Å²) in [6.07, 6.45) is -5.39. The molecular formula is C25H22F3N3O5S. The first-order chi connectivity index (χ1) is 17.5. The van der Waals surface area contributed by atoms with Crippen molar-refractivity contribution < 1.29 is 35.9 Å². The quantitative estimate of drug-likeness (QED) is 0.460. The second-order valence-electron chi connectivity index (χ2n) is 8.03. The summed E-state index contributed by atoms with van der Waals surface area (Å²) >= 11 is 0. The molecule has 194 valence electrons. The predicted molar refractivity (Wildman–Crippen MR) is 131 cm³/mol. The van der Waals surface area contributed by atoms with E-state index >= 15 is 0 Å². The summed E-state index contributed by atoms with van der Waals surface area (Å²) in [5.74, 6) is -1.12. The smallest absolute Gasteiger partial charge is 0.416 e. The van der Waals surface area contributed by atoms with Gasteiger partial charge < -0.3 is 15.4 Å². The first kappa shape index (κ1) is 26.0. The number of para-hydroxylation sites is 4. The van der Waals surface area contributed by atoms with Gasteiger partial charge in [-0.15, -0.1) is 0 Å². The molecule has 37 heavy (non-hydrogen) atoms. The molecule has 1 heterocycles. The van der Waals surface area contributed by atoms with Crippen molar-refractivity contribution in [1.29, 1.82) is 0 Å². The van der Waals surface area contributed by atoms with Crippen LogP contribution in [0, 0.1) is 0 Å². The number of halogens is 3. The molecule has 1 aliphatic rings. The van der Waals surface area contributed by atoms with Crippen LogP contribution in [-0.4, -0.2) is 32.9 Å². The maximum absolute atomic E-state index is 13.7. The van der Waals surface area contributed by atoms with Gasteiger partial charge in [-0.2, -0.15) is 13.2 Å². The van der Waals surface area contributed by atoms with Crippen LogP contribution in [0.1, 0.15) is 18.9 Å². The summed E-state index contributed by atoms with van der Waals surface area (Å²) in [4.78, 5) is 25.3. The number of hydrogen-bond acceptors (Lipinski definition) is 5. The molecule has 8 nitrogen and oxygen atoms in total. The van der Waals surface area contributed by atoms with E-state index in [1.165, 1.54) is 18.2 Å². The minimum atomic E-state index is -4.78. The topological polar surface area (TPSA) is 105 Å². The standard InChI is InChI=1S/C25H22F3N3O5S/c1-2-36-22-13-6-4-11-19(22)29-23(32)15-21-24(33)30-18-10-3-5-12-20(18)31(21)37(34,35)17-9-7-8-16(14-17)25(26,27)28/h3-14,21H,2,15H2,1H3,(H,29,32)(H,30,33)/t21-/m0/s1. The third kappa shape index (κ3) is 5.38. The molecule has 0 saturated carbocycles. The summed E-state index contributed by atoms with van der Waals surface area (Å²) in [5.41, 5.74) is -0.683. The van der Waals surface area contributed by atoms with Crippen LogP contribution in [0.15, 0.2) is 77.7 Å². The monoisotopic (exact) mass is 533 g/mol. The van der Waals surface area contributed by atoms with Crippen molar-refractivity contribution >= 4 is 38.9 Å². The van der Waals surface area contributed by atoms with Crippen molar-refractivity contribution in [3.05, 3.63) is 78.4 Å². The summed E-state index contributed by atoms with van der Waals surface area (Å²) in [6.45, 7) is 2.09. The number of amides is 2. The van der Waals surface area contributed by atoms with Crippen LogP contribution in [0.4, 0.5) is 30.2 Å². The van der Waals surface area contributed by atoms with Crippen LogP contribution in [0.2, 0.25) is 0 Å². The third-order valence-electron chi connectivity index (χ3n) is 5.54.